The Hall–Kier alpha value is -1.60. The highest BCUT2D eigenvalue weighted by Crippen LogP contribution is 2.33. The molecule has 3 rings (SSSR count). The molecule has 26 heavy (non-hydrogen) atoms. The normalized spacial score (nSPS) is 17.2. The Bertz CT molecular complexity index is 756. The van der Waals surface area contributed by atoms with Gasteiger partial charge in [-0.15, -0.1) is 0 Å². The minimum absolute atomic E-state index is 0.240. The highest BCUT2D eigenvalue weighted by atomic mass is 19.4. The van der Waals surface area contributed by atoms with Crippen molar-refractivity contribution in [2.75, 3.05) is 32.8 Å². The molecule has 0 amide bonds. The third-order valence-electron chi connectivity index (χ3n) is 4.71. The van der Waals surface area contributed by atoms with E-state index in [-0.39, 0.29) is 5.41 Å². The van der Waals surface area contributed by atoms with Gasteiger partial charge in [-0.2, -0.15) is 13.2 Å². The number of nitrogens with zero attached hydrogens (tertiary/aromatic N) is 3. The number of morpholine rings is 1. The van der Waals surface area contributed by atoms with E-state index in [1.54, 1.807) is 6.07 Å². The number of rotatable bonds is 4. The van der Waals surface area contributed by atoms with E-state index in [1.807, 2.05) is 20.8 Å². The average Bonchev–Trinajstić information content (AvgIpc) is 2.93. The fourth-order valence-corrected chi connectivity index (χ4v) is 3.38. The van der Waals surface area contributed by atoms with E-state index in [9.17, 15) is 13.2 Å². The van der Waals surface area contributed by atoms with Crippen LogP contribution in [0.3, 0.4) is 0 Å². The first-order chi connectivity index (χ1) is 12.2. The molecule has 1 saturated heterocycles. The van der Waals surface area contributed by atoms with Crippen LogP contribution in [0, 0.1) is 0 Å². The van der Waals surface area contributed by atoms with Gasteiger partial charge in [-0.1, -0.05) is 20.8 Å². The van der Waals surface area contributed by atoms with Gasteiger partial charge in [0.05, 0.1) is 29.8 Å². The van der Waals surface area contributed by atoms with E-state index in [4.69, 9.17) is 4.74 Å². The molecule has 0 aliphatic carbocycles. The van der Waals surface area contributed by atoms with E-state index < -0.39 is 11.7 Å². The van der Waals surface area contributed by atoms with Crippen molar-refractivity contribution >= 4 is 11.0 Å². The minimum atomic E-state index is -4.35. The summed E-state index contributed by atoms with van der Waals surface area (Å²) in [4.78, 5) is 6.92. The molecule has 144 valence electrons. The first-order valence-corrected chi connectivity index (χ1v) is 9.04. The van der Waals surface area contributed by atoms with Crippen LogP contribution in [0.2, 0.25) is 0 Å². The van der Waals surface area contributed by atoms with Crippen LogP contribution in [0.25, 0.3) is 11.0 Å². The van der Waals surface area contributed by atoms with Crippen LogP contribution in [0.15, 0.2) is 18.2 Å². The zero-order valence-corrected chi connectivity index (χ0v) is 15.6. The largest absolute Gasteiger partial charge is 0.416 e. The number of hydrogen-bond donors (Lipinski definition) is 0. The summed E-state index contributed by atoms with van der Waals surface area (Å²) < 4.78 is 46.5. The summed E-state index contributed by atoms with van der Waals surface area (Å²) in [5.74, 6) is 0.828. The lowest BCUT2D eigenvalue weighted by molar-refractivity contribution is -0.137. The van der Waals surface area contributed by atoms with Crippen molar-refractivity contribution < 1.29 is 17.9 Å². The molecule has 1 fully saturated rings. The molecule has 2 heterocycles. The topological polar surface area (TPSA) is 30.3 Å². The zero-order chi connectivity index (χ0) is 18.9. The minimum Gasteiger partial charge on any atom is -0.379 e. The van der Waals surface area contributed by atoms with E-state index in [0.29, 0.717) is 5.52 Å². The van der Waals surface area contributed by atoms with Crippen molar-refractivity contribution in [2.45, 2.75) is 45.3 Å². The SMILES string of the molecule is CC(C)(C)c1nc2cc(C(F)(F)F)ccc2n1CCCN1CCOCC1. The molecule has 7 heteroatoms. The standard InChI is InChI=1S/C19H26F3N3O/c1-18(2,3)17-23-15-13-14(19(20,21)22)5-6-16(15)25(17)8-4-7-24-9-11-26-12-10-24/h5-6,13H,4,7-12H2,1-3H3. The number of aromatic nitrogens is 2. The first kappa shape index (κ1) is 19.2. The Morgan fingerprint density at radius 1 is 1.08 bits per heavy atom. The van der Waals surface area contributed by atoms with Gasteiger partial charge in [-0.3, -0.25) is 4.90 Å². The molecule has 1 aliphatic heterocycles. The molecule has 1 aliphatic rings. The Labute approximate surface area is 151 Å². The third kappa shape index (κ3) is 4.20. The number of hydrogen-bond acceptors (Lipinski definition) is 3. The molecular weight excluding hydrogens is 343 g/mol. The van der Waals surface area contributed by atoms with Crippen LogP contribution in [-0.4, -0.2) is 47.3 Å². The molecule has 2 aromatic rings. The number of aryl methyl sites for hydroxylation is 1. The molecule has 1 aromatic carbocycles. The maximum Gasteiger partial charge on any atom is 0.416 e. The molecule has 0 atom stereocenters. The van der Waals surface area contributed by atoms with Gasteiger partial charge in [0.1, 0.15) is 5.82 Å². The Morgan fingerprint density at radius 3 is 2.38 bits per heavy atom. The third-order valence-corrected chi connectivity index (χ3v) is 4.71. The number of imidazole rings is 1. The smallest absolute Gasteiger partial charge is 0.379 e. The lowest BCUT2D eigenvalue weighted by atomic mass is 9.95. The number of ether oxygens (including phenoxy) is 1. The van der Waals surface area contributed by atoms with Crippen LogP contribution in [0.5, 0.6) is 0 Å². The molecule has 4 nitrogen and oxygen atoms in total. The van der Waals surface area contributed by atoms with Gasteiger partial charge < -0.3 is 9.30 Å². The Balaban J connectivity index is 1.86. The molecule has 0 unspecified atom stereocenters. The molecule has 1 aromatic heterocycles. The van der Waals surface area contributed by atoms with Gasteiger partial charge in [0.15, 0.2) is 0 Å². The summed E-state index contributed by atoms with van der Waals surface area (Å²) in [5.41, 5.74) is 0.292. The van der Waals surface area contributed by atoms with Crippen molar-refractivity contribution in [3.63, 3.8) is 0 Å². The van der Waals surface area contributed by atoms with Crippen molar-refractivity contribution in [3.05, 3.63) is 29.6 Å². The molecule has 0 bridgehead atoms. The number of alkyl halides is 3. The van der Waals surface area contributed by atoms with Crippen LogP contribution in [-0.2, 0) is 22.9 Å². The quantitative estimate of drug-likeness (QED) is 0.814. The Morgan fingerprint density at radius 2 is 1.77 bits per heavy atom. The summed E-state index contributed by atoms with van der Waals surface area (Å²) >= 11 is 0. The fourth-order valence-electron chi connectivity index (χ4n) is 3.38. The molecule has 0 N–H and O–H groups in total. The highest BCUT2D eigenvalue weighted by Gasteiger charge is 2.31. The highest BCUT2D eigenvalue weighted by molar-refractivity contribution is 5.77. The number of fused-ring (bicyclic) bond motifs is 1. The summed E-state index contributed by atoms with van der Waals surface area (Å²) in [6.45, 7) is 11.2. The van der Waals surface area contributed by atoms with Crippen molar-refractivity contribution in [2.24, 2.45) is 0 Å². The summed E-state index contributed by atoms with van der Waals surface area (Å²) in [7, 11) is 0. The molecular formula is C19H26F3N3O. The second-order valence-electron chi connectivity index (χ2n) is 7.85. The summed E-state index contributed by atoms with van der Waals surface area (Å²) in [6, 6.07) is 3.85. The molecule has 0 spiro atoms. The van der Waals surface area contributed by atoms with Gasteiger partial charge in [-0.05, 0) is 24.6 Å². The number of benzene rings is 1. The monoisotopic (exact) mass is 369 g/mol. The van der Waals surface area contributed by atoms with Crippen LogP contribution < -0.4 is 0 Å². The lowest BCUT2D eigenvalue weighted by Crippen LogP contribution is -2.37. The first-order valence-electron chi connectivity index (χ1n) is 9.04. The zero-order valence-electron chi connectivity index (χ0n) is 15.6. The maximum atomic E-state index is 13.0. The predicted molar refractivity (Wildman–Crippen MR) is 95.3 cm³/mol. The second kappa shape index (κ2) is 7.19. The van der Waals surface area contributed by atoms with Crippen LogP contribution >= 0.6 is 0 Å². The van der Waals surface area contributed by atoms with Crippen molar-refractivity contribution in [1.29, 1.82) is 0 Å². The average molecular weight is 369 g/mol. The van der Waals surface area contributed by atoms with E-state index in [1.165, 1.54) is 0 Å². The van der Waals surface area contributed by atoms with Gasteiger partial charge >= 0.3 is 6.18 Å². The molecule has 0 saturated carbocycles. The van der Waals surface area contributed by atoms with Gasteiger partial charge in [0, 0.05) is 31.6 Å². The summed E-state index contributed by atoms with van der Waals surface area (Å²) in [6.07, 6.45) is -3.42. The lowest BCUT2D eigenvalue weighted by Gasteiger charge is -2.27. The van der Waals surface area contributed by atoms with Crippen molar-refractivity contribution in [3.8, 4) is 0 Å². The summed E-state index contributed by atoms with van der Waals surface area (Å²) in [5, 5.41) is 0. The Kier molecular flexibility index (Phi) is 5.30. The fraction of sp³-hybridized carbons (Fsp3) is 0.632. The van der Waals surface area contributed by atoms with Crippen molar-refractivity contribution in [1.82, 2.24) is 14.5 Å². The van der Waals surface area contributed by atoms with Gasteiger partial charge in [0.25, 0.3) is 0 Å². The van der Waals surface area contributed by atoms with E-state index >= 15 is 0 Å². The maximum absolute atomic E-state index is 13.0. The predicted octanol–water partition coefficient (Wildman–Crippen LogP) is 4.07. The van der Waals surface area contributed by atoms with Crippen LogP contribution in [0.1, 0.15) is 38.6 Å². The second-order valence-corrected chi connectivity index (χ2v) is 7.85. The number of halogens is 3. The van der Waals surface area contributed by atoms with Crippen LogP contribution in [0.4, 0.5) is 13.2 Å². The molecule has 0 radical (unpaired) electrons. The van der Waals surface area contributed by atoms with Gasteiger partial charge in [-0.25, -0.2) is 4.98 Å². The van der Waals surface area contributed by atoms with E-state index in [2.05, 4.69) is 14.5 Å². The van der Waals surface area contributed by atoms with E-state index in [0.717, 1.165) is 69.3 Å². The van der Waals surface area contributed by atoms with Gasteiger partial charge in [0.2, 0.25) is 0 Å².